The number of hydroxylamine groups is 2. The Kier molecular flexibility index (Phi) is 12.2. The second-order valence-electron chi connectivity index (χ2n) is 4.28. The molecule has 0 aromatic rings. The first kappa shape index (κ1) is 19.6. The van der Waals surface area contributed by atoms with Gasteiger partial charge in [0, 0.05) is 6.54 Å². The van der Waals surface area contributed by atoms with Crippen LogP contribution in [0.5, 0.6) is 0 Å². The van der Waals surface area contributed by atoms with E-state index < -0.39 is 12.7 Å². The minimum Gasteiger partial charge on any atom is -0.394 e. The Bertz CT molecular complexity index is 222. The molecule has 2 unspecified atom stereocenters. The van der Waals surface area contributed by atoms with Crippen LogP contribution < -0.4 is 5.73 Å². The van der Waals surface area contributed by atoms with E-state index in [-0.39, 0.29) is 32.6 Å². The van der Waals surface area contributed by atoms with E-state index in [2.05, 4.69) is 0 Å². The number of aliphatic hydroxyl groups excluding tert-OH is 3. The molecule has 0 saturated heterocycles. The van der Waals surface area contributed by atoms with E-state index in [4.69, 9.17) is 30.4 Å². The summed E-state index contributed by atoms with van der Waals surface area (Å²) in [5.74, 6) is 0. The maximum Gasteiger partial charge on any atom is 0.127 e. The van der Waals surface area contributed by atoms with Crippen LogP contribution in [0.1, 0.15) is 0 Å². The molecule has 122 valence electrons. The number of likely N-dealkylation sites (N-methyl/N-ethyl adjacent to an activating group) is 1. The van der Waals surface area contributed by atoms with Crippen molar-refractivity contribution in [1.29, 1.82) is 0 Å². The molecule has 0 aliphatic carbocycles. The van der Waals surface area contributed by atoms with Gasteiger partial charge in [0.05, 0.1) is 39.6 Å². The van der Waals surface area contributed by atoms with E-state index >= 15 is 0 Å². The molecule has 2 atom stereocenters. The van der Waals surface area contributed by atoms with Crippen molar-refractivity contribution in [3.05, 3.63) is 0 Å². The summed E-state index contributed by atoms with van der Waals surface area (Å²) >= 11 is 0. The van der Waals surface area contributed by atoms with Gasteiger partial charge in [-0.15, -0.1) is 0 Å². The van der Waals surface area contributed by atoms with Crippen LogP contribution in [0.2, 0.25) is 0 Å². The van der Waals surface area contributed by atoms with Crippen molar-refractivity contribution >= 4 is 0 Å². The van der Waals surface area contributed by atoms with Crippen LogP contribution in [0.15, 0.2) is 0 Å². The molecule has 0 aromatic carbocycles. The van der Waals surface area contributed by atoms with Crippen molar-refractivity contribution in [2.24, 2.45) is 5.73 Å². The third kappa shape index (κ3) is 9.53. The van der Waals surface area contributed by atoms with E-state index in [0.717, 1.165) is 5.23 Å². The van der Waals surface area contributed by atoms with Crippen molar-refractivity contribution in [1.82, 2.24) is 10.1 Å². The predicted molar refractivity (Wildman–Crippen MR) is 71.3 cm³/mol. The first-order valence-electron chi connectivity index (χ1n) is 6.46. The number of nitrogens with zero attached hydrogens (tertiary/aromatic N) is 2. The van der Waals surface area contributed by atoms with Gasteiger partial charge < -0.3 is 25.8 Å². The summed E-state index contributed by atoms with van der Waals surface area (Å²) < 4.78 is 5.52. The number of hydrogen-bond acceptors (Lipinski definition) is 9. The molecule has 0 amide bonds. The molecular formula is C11H27N3O6. The summed E-state index contributed by atoms with van der Waals surface area (Å²) in [4.78, 5) is 12.2. The highest BCUT2D eigenvalue weighted by atomic mass is 17.0. The molecule has 0 radical (unpaired) electrons. The van der Waals surface area contributed by atoms with E-state index in [1.165, 1.54) is 0 Å². The van der Waals surface area contributed by atoms with Crippen molar-refractivity contribution < 1.29 is 29.7 Å². The summed E-state index contributed by atoms with van der Waals surface area (Å²) in [6.07, 6.45) is -1.33. The molecule has 5 N–H and O–H groups in total. The highest BCUT2D eigenvalue weighted by molar-refractivity contribution is 4.56. The van der Waals surface area contributed by atoms with Crippen LogP contribution in [0, 0.1) is 0 Å². The van der Waals surface area contributed by atoms with Crippen LogP contribution in [0.4, 0.5) is 0 Å². The molecule has 0 rings (SSSR count). The van der Waals surface area contributed by atoms with Gasteiger partial charge in [0.15, 0.2) is 0 Å². The van der Waals surface area contributed by atoms with Crippen molar-refractivity contribution in [2.75, 3.05) is 60.2 Å². The monoisotopic (exact) mass is 297 g/mol. The maximum atomic E-state index is 9.25. The topological polar surface area (TPSA) is 121 Å². The fourth-order valence-electron chi connectivity index (χ4n) is 1.20. The first-order valence-corrected chi connectivity index (χ1v) is 6.46. The van der Waals surface area contributed by atoms with Gasteiger partial charge in [0.25, 0.3) is 0 Å². The molecule has 0 aromatic heterocycles. The van der Waals surface area contributed by atoms with Gasteiger partial charge in [-0.05, 0) is 14.1 Å². The smallest absolute Gasteiger partial charge is 0.127 e. The van der Waals surface area contributed by atoms with Gasteiger partial charge in [0.1, 0.15) is 12.3 Å². The second-order valence-corrected chi connectivity index (χ2v) is 4.28. The Morgan fingerprint density at radius 2 is 1.85 bits per heavy atom. The van der Waals surface area contributed by atoms with E-state index in [0.29, 0.717) is 13.2 Å². The Labute approximate surface area is 119 Å². The van der Waals surface area contributed by atoms with Gasteiger partial charge in [-0.1, -0.05) is 5.23 Å². The Hall–Kier alpha value is -0.360. The lowest BCUT2D eigenvalue weighted by Gasteiger charge is -2.30. The summed E-state index contributed by atoms with van der Waals surface area (Å²) in [5.41, 5.74) is 5.39. The largest absolute Gasteiger partial charge is 0.394 e. The quantitative estimate of drug-likeness (QED) is 0.213. The lowest BCUT2D eigenvalue weighted by Crippen LogP contribution is -2.44. The molecule has 0 aliphatic heterocycles. The fraction of sp³-hybridized carbons (Fsp3) is 1.00. The van der Waals surface area contributed by atoms with E-state index in [9.17, 15) is 5.11 Å². The van der Waals surface area contributed by atoms with Gasteiger partial charge in [-0.2, -0.15) is 0 Å². The van der Waals surface area contributed by atoms with Crippen LogP contribution in [0.25, 0.3) is 0 Å². The number of aliphatic hydroxyl groups is 3. The lowest BCUT2D eigenvalue weighted by molar-refractivity contribution is -0.385. The number of nitrogens with two attached hydrogens (primary N) is 1. The third-order valence-electron chi connectivity index (χ3n) is 2.26. The standard InChI is InChI=1S/C11H27N3O6/c1-13(2)11(18-5-3-12)7-14(19-6-4-15)20-9-10(17)8-16/h10-11,15-17H,3-9,12H2,1-2H3. The van der Waals surface area contributed by atoms with Gasteiger partial charge >= 0.3 is 0 Å². The normalized spacial score (nSPS) is 15.0. The minimum atomic E-state index is -1.00. The zero-order chi connectivity index (χ0) is 15.4. The third-order valence-corrected chi connectivity index (χ3v) is 2.26. The summed E-state index contributed by atoms with van der Waals surface area (Å²) in [6, 6.07) is 0. The van der Waals surface area contributed by atoms with Crippen LogP contribution in [-0.2, 0) is 14.4 Å². The SMILES string of the molecule is CN(C)C(CN(OCCO)OCC(O)CO)OCCN. The molecule has 20 heavy (non-hydrogen) atoms. The Morgan fingerprint density at radius 1 is 1.15 bits per heavy atom. The molecule has 9 heteroatoms. The van der Waals surface area contributed by atoms with E-state index in [1.54, 1.807) is 0 Å². The van der Waals surface area contributed by atoms with Crippen molar-refractivity contribution in [3.8, 4) is 0 Å². The van der Waals surface area contributed by atoms with Gasteiger partial charge in [-0.25, -0.2) is 0 Å². The molecule has 0 spiro atoms. The molecule has 0 bridgehead atoms. The highest BCUT2D eigenvalue weighted by Gasteiger charge is 2.19. The zero-order valence-corrected chi connectivity index (χ0v) is 12.1. The molecule has 0 saturated carbocycles. The zero-order valence-electron chi connectivity index (χ0n) is 12.1. The minimum absolute atomic E-state index is 0.0479. The molecule has 0 heterocycles. The average Bonchev–Trinajstić information content (AvgIpc) is 2.44. The van der Waals surface area contributed by atoms with Crippen molar-refractivity contribution in [3.63, 3.8) is 0 Å². The lowest BCUT2D eigenvalue weighted by atomic mass is 10.4. The molecule has 0 fully saturated rings. The van der Waals surface area contributed by atoms with Crippen molar-refractivity contribution in [2.45, 2.75) is 12.3 Å². The molecular weight excluding hydrogens is 270 g/mol. The number of hydrogen-bond donors (Lipinski definition) is 4. The number of rotatable bonds is 13. The summed E-state index contributed by atoms with van der Waals surface area (Å²) in [7, 11) is 3.65. The Morgan fingerprint density at radius 3 is 2.35 bits per heavy atom. The predicted octanol–water partition coefficient (Wildman–Crippen LogP) is -2.64. The highest BCUT2D eigenvalue weighted by Crippen LogP contribution is 2.03. The average molecular weight is 297 g/mol. The summed E-state index contributed by atoms with van der Waals surface area (Å²) in [5, 5.41) is 27.9. The first-order chi connectivity index (χ1) is 9.54. The number of ether oxygens (including phenoxy) is 1. The molecule has 9 nitrogen and oxygen atoms in total. The van der Waals surface area contributed by atoms with Gasteiger partial charge in [0.2, 0.25) is 0 Å². The summed E-state index contributed by atoms with van der Waals surface area (Å²) in [6.45, 7) is 0.353. The van der Waals surface area contributed by atoms with Crippen LogP contribution in [-0.4, -0.2) is 98.0 Å². The second kappa shape index (κ2) is 12.4. The van der Waals surface area contributed by atoms with E-state index in [1.807, 2.05) is 19.0 Å². The fourth-order valence-corrected chi connectivity index (χ4v) is 1.20. The van der Waals surface area contributed by atoms with Crippen LogP contribution in [0.3, 0.4) is 0 Å². The maximum absolute atomic E-state index is 9.25. The van der Waals surface area contributed by atoms with Gasteiger partial charge in [-0.3, -0.25) is 14.6 Å². The Balaban J connectivity index is 4.33. The molecule has 0 aliphatic rings. The van der Waals surface area contributed by atoms with Crippen LogP contribution >= 0.6 is 0 Å².